The molecule has 0 aliphatic heterocycles. The SMILES string of the molecule is CS(=O)(=O)CCn1ncc(CNC2CC2)c1C(F)F. The molecule has 0 bridgehead atoms. The van der Waals surface area contributed by atoms with Crippen LogP contribution in [-0.4, -0.2) is 36.2 Å². The normalized spacial score (nSPS) is 16.2. The highest BCUT2D eigenvalue weighted by Gasteiger charge is 2.24. The number of rotatable bonds is 7. The Hall–Kier alpha value is -1.02. The third-order valence-electron chi connectivity index (χ3n) is 3.00. The topological polar surface area (TPSA) is 64.0 Å². The molecule has 1 aromatic heterocycles. The van der Waals surface area contributed by atoms with Gasteiger partial charge >= 0.3 is 0 Å². The standard InChI is InChI=1S/C11H17F2N3O2S/c1-19(17,18)5-4-16-10(11(12)13)8(7-15-16)6-14-9-2-3-9/h7,9,11,14H,2-6H2,1H3. The van der Waals surface area contributed by atoms with Gasteiger partial charge in [-0.25, -0.2) is 17.2 Å². The number of alkyl halides is 2. The third-order valence-corrected chi connectivity index (χ3v) is 3.92. The van der Waals surface area contributed by atoms with Crippen LogP contribution in [0.5, 0.6) is 0 Å². The zero-order chi connectivity index (χ0) is 14.0. The zero-order valence-electron chi connectivity index (χ0n) is 10.6. The van der Waals surface area contributed by atoms with Gasteiger partial charge in [0.05, 0.1) is 18.5 Å². The molecule has 1 aliphatic carbocycles. The number of halogens is 2. The lowest BCUT2D eigenvalue weighted by Gasteiger charge is -2.09. The molecule has 1 N–H and O–H groups in total. The Morgan fingerprint density at radius 1 is 1.53 bits per heavy atom. The number of nitrogens with zero attached hydrogens (tertiary/aromatic N) is 2. The number of hydrogen-bond donors (Lipinski definition) is 1. The minimum Gasteiger partial charge on any atom is -0.310 e. The quantitative estimate of drug-likeness (QED) is 0.818. The molecule has 0 aromatic carbocycles. The monoisotopic (exact) mass is 293 g/mol. The molecule has 1 aliphatic rings. The van der Waals surface area contributed by atoms with Crippen molar-refractivity contribution >= 4 is 9.84 Å². The summed E-state index contributed by atoms with van der Waals surface area (Å²) >= 11 is 0. The molecule has 1 aromatic rings. The van der Waals surface area contributed by atoms with E-state index in [1.807, 2.05) is 0 Å². The lowest BCUT2D eigenvalue weighted by molar-refractivity contribution is 0.138. The Morgan fingerprint density at radius 2 is 2.21 bits per heavy atom. The molecule has 0 radical (unpaired) electrons. The summed E-state index contributed by atoms with van der Waals surface area (Å²) in [4.78, 5) is 0. The van der Waals surface area contributed by atoms with Gasteiger partial charge in [0.1, 0.15) is 15.5 Å². The summed E-state index contributed by atoms with van der Waals surface area (Å²) in [5.74, 6) is -0.191. The van der Waals surface area contributed by atoms with Crippen molar-refractivity contribution in [3.8, 4) is 0 Å². The second kappa shape index (κ2) is 5.54. The average Bonchev–Trinajstić information content (AvgIpc) is 3.02. The highest BCUT2D eigenvalue weighted by atomic mass is 32.2. The van der Waals surface area contributed by atoms with Crippen LogP contribution < -0.4 is 5.32 Å². The lowest BCUT2D eigenvalue weighted by atomic mass is 10.2. The molecule has 108 valence electrons. The summed E-state index contributed by atoms with van der Waals surface area (Å²) in [6, 6.07) is 0.421. The summed E-state index contributed by atoms with van der Waals surface area (Å²) < 4.78 is 49.3. The minimum atomic E-state index is -3.19. The van der Waals surface area contributed by atoms with E-state index in [0.29, 0.717) is 18.2 Å². The van der Waals surface area contributed by atoms with Gasteiger partial charge in [0.15, 0.2) is 0 Å². The molecule has 1 fully saturated rings. The van der Waals surface area contributed by atoms with Crippen LogP contribution in [0.25, 0.3) is 0 Å². The van der Waals surface area contributed by atoms with Crippen LogP contribution in [0.2, 0.25) is 0 Å². The molecular formula is C11H17F2N3O2S. The Bertz CT molecular complexity index is 538. The number of nitrogens with one attached hydrogen (secondary N) is 1. The zero-order valence-corrected chi connectivity index (χ0v) is 11.5. The highest BCUT2D eigenvalue weighted by molar-refractivity contribution is 7.90. The van der Waals surface area contributed by atoms with Gasteiger partial charge in [0, 0.05) is 24.4 Å². The van der Waals surface area contributed by atoms with E-state index < -0.39 is 16.3 Å². The largest absolute Gasteiger partial charge is 0.310 e. The van der Waals surface area contributed by atoms with Crippen LogP contribution in [0, 0.1) is 0 Å². The van der Waals surface area contributed by atoms with E-state index in [2.05, 4.69) is 10.4 Å². The van der Waals surface area contributed by atoms with Gasteiger partial charge in [0.25, 0.3) is 6.43 Å². The van der Waals surface area contributed by atoms with Crippen LogP contribution in [0.1, 0.15) is 30.5 Å². The van der Waals surface area contributed by atoms with Crippen LogP contribution in [0.15, 0.2) is 6.20 Å². The summed E-state index contributed by atoms with van der Waals surface area (Å²) in [6.07, 6.45) is 1.96. The molecule has 5 nitrogen and oxygen atoms in total. The molecule has 0 unspecified atom stereocenters. The summed E-state index contributed by atoms with van der Waals surface area (Å²) in [7, 11) is -3.19. The molecule has 0 saturated heterocycles. The van der Waals surface area contributed by atoms with E-state index in [4.69, 9.17) is 0 Å². The predicted molar refractivity (Wildman–Crippen MR) is 66.8 cm³/mol. The Balaban J connectivity index is 2.08. The predicted octanol–water partition coefficient (Wildman–Crippen LogP) is 1.12. The summed E-state index contributed by atoms with van der Waals surface area (Å²) in [6.45, 7) is 0.311. The molecule has 1 saturated carbocycles. The van der Waals surface area contributed by atoms with Crippen molar-refractivity contribution < 1.29 is 17.2 Å². The van der Waals surface area contributed by atoms with Gasteiger partial charge < -0.3 is 5.32 Å². The van der Waals surface area contributed by atoms with Crippen LogP contribution in [-0.2, 0) is 22.9 Å². The first-order chi connectivity index (χ1) is 8.87. The fourth-order valence-corrected chi connectivity index (χ4v) is 2.30. The van der Waals surface area contributed by atoms with Crippen LogP contribution in [0.4, 0.5) is 8.78 Å². The Labute approximate surface area is 110 Å². The van der Waals surface area contributed by atoms with Crippen molar-refractivity contribution in [3.63, 3.8) is 0 Å². The fourth-order valence-electron chi connectivity index (χ4n) is 1.79. The molecule has 0 atom stereocenters. The smallest absolute Gasteiger partial charge is 0.280 e. The van der Waals surface area contributed by atoms with Crippen LogP contribution in [0.3, 0.4) is 0 Å². The van der Waals surface area contributed by atoms with Gasteiger partial charge in [-0.1, -0.05) is 0 Å². The minimum absolute atomic E-state index is 0.0397. The number of aryl methyl sites for hydroxylation is 1. The summed E-state index contributed by atoms with van der Waals surface area (Å²) in [5, 5.41) is 7.02. The van der Waals surface area contributed by atoms with Crippen molar-refractivity contribution in [2.45, 2.75) is 38.4 Å². The summed E-state index contributed by atoms with van der Waals surface area (Å²) in [5.41, 5.74) is 0.257. The van der Waals surface area contributed by atoms with Gasteiger partial charge in [-0.3, -0.25) is 4.68 Å². The maximum Gasteiger partial charge on any atom is 0.280 e. The first-order valence-corrected chi connectivity index (χ1v) is 8.16. The van der Waals surface area contributed by atoms with Gasteiger partial charge in [-0.2, -0.15) is 5.10 Å². The molecule has 0 spiro atoms. The maximum absolute atomic E-state index is 13.0. The van der Waals surface area contributed by atoms with E-state index in [0.717, 1.165) is 23.8 Å². The van der Waals surface area contributed by atoms with E-state index >= 15 is 0 Å². The number of aromatic nitrogens is 2. The number of hydrogen-bond acceptors (Lipinski definition) is 4. The van der Waals surface area contributed by atoms with Crippen LogP contribution >= 0.6 is 0 Å². The lowest BCUT2D eigenvalue weighted by Crippen LogP contribution is -2.18. The van der Waals surface area contributed by atoms with Gasteiger partial charge in [-0.05, 0) is 12.8 Å². The van der Waals surface area contributed by atoms with Crippen molar-refractivity contribution in [3.05, 3.63) is 17.5 Å². The molecule has 2 rings (SSSR count). The van der Waals surface area contributed by atoms with Gasteiger partial charge in [0.2, 0.25) is 0 Å². The second-order valence-corrected chi connectivity index (χ2v) is 7.12. The average molecular weight is 293 g/mol. The van der Waals surface area contributed by atoms with Crippen molar-refractivity contribution in [1.82, 2.24) is 15.1 Å². The van der Waals surface area contributed by atoms with Gasteiger partial charge in [-0.15, -0.1) is 0 Å². The first-order valence-electron chi connectivity index (χ1n) is 6.10. The molecule has 0 amide bonds. The molecular weight excluding hydrogens is 276 g/mol. The Kier molecular flexibility index (Phi) is 4.19. The highest BCUT2D eigenvalue weighted by Crippen LogP contribution is 2.25. The van der Waals surface area contributed by atoms with Crippen molar-refractivity contribution in [1.29, 1.82) is 0 Å². The number of sulfone groups is 1. The fraction of sp³-hybridized carbons (Fsp3) is 0.727. The Morgan fingerprint density at radius 3 is 2.74 bits per heavy atom. The molecule has 1 heterocycles. The van der Waals surface area contributed by atoms with E-state index in [9.17, 15) is 17.2 Å². The second-order valence-electron chi connectivity index (χ2n) is 4.86. The molecule has 19 heavy (non-hydrogen) atoms. The van der Waals surface area contributed by atoms with E-state index in [1.165, 1.54) is 6.20 Å². The van der Waals surface area contributed by atoms with Crippen molar-refractivity contribution in [2.24, 2.45) is 0 Å². The van der Waals surface area contributed by atoms with Crippen molar-refractivity contribution in [2.75, 3.05) is 12.0 Å². The van der Waals surface area contributed by atoms with E-state index in [-0.39, 0.29) is 18.0 Å². The van der Waals surface area contributed by atoms with E-state index in [1.54, 1.807) is 0 Å². The maximum atomic E-state index is 13.0. The molecule has 8 heteroatoms. The third kappa shape index (κ3) is 4.24. The first kappa shape index (κ1) is 14.4.